The molecular weight excluding hydrogens is 668 g/mol. The van der Waals surface area contributed by atoms with E-state index in [4.69, 9.17) is 0 Å². The topological polar surface area (TPSA) is 0 Å². The van der Waals surface area contributed by atoms with Gasteiger partial charge in [0.2, 0.25) is 0 Å². The van der Waals surface area contributed by atoms with Gasteiger partial charge < -0.3 is 0 Å². The minimum absolute atomic E-state index is 0. The van der Waals surface area contributed by atoms with Crippen LogP contribution in [0.5, 0.6) is 0 Å². The standard InChI is InChI=1S/C38H38.2C5H5.Zr/c1-5-29-13-21-33(22-14-29)37(34-23-15-30(6-2)16-24-34)11-9-10-12-38(35-25-17-31(7-3)18-26-35)36-27-19-32(8-4)20-28-36;2*1-2-4-5-3-1;/h9-10,13-28H,5-8H2,1-4H3;2*1-5H;/q-2;2*-1;+4/b10-9-;;;. The molecule has 1 heteroatoms. The first kappa shape index (κ1) is 39.1. The first-order valence-electron chi connectivity index (χ1n) is 17.3. The molecule has 0 saturated heterocycles. The van der Waals surface area contributed by atoms with Gasteiger partial charge in [0.25, 0.3) is 0 Å². The molecule has 0 fully saturated rings. The first-order valence-corrected chi connectivity index (χ1v) is 17.3. The van der Waals surface area contributed by atoms with Crippen molar-refractivity contribution in [2.24, 2.45) is 0 Å². The van der Waals surface area contributed by atoms with E-state index in [0.29, 0.717) is 0 Å². The van der Waals surface area contributed by atoms with E-state index in [0.717, 1.165) is 36.8 Å². The van der Waals surface area contributed by atoms with Crippen LogP contribution in [0, 0.1) is 12.2 Å². The molecule has 6 rings (SSSR count). The Morgan fingerprint density at radius 2 is 0.633 bits per heavy atom. The van der Waals surface area contributed by atoms with E-state index >= 15 is 0 Å². The number of rotatable bonds is 10. The second-order valence-corrected chi connectivity index (χ2v) is 11.5. The summed E-state index contributed by atoms with van der Waals surface area (Å²) in [5.74, 6) is 0. The fourth-order valence-corrected chi connectivity index (χ4v) is 5.19. The minimum Gasteiger partial charge on any atom is -0.219 e. The second kappa shape index (κ2) is 22.3. The SMILES string of the molecule is CCc1ccc(C(=[C-]/C=C\[C-]=C(c2ccc(CC)cc2)c2ccc(CC)cc2)c2ccc(CC)cc2)cc1.[Zr+4].c1cc[cH-]c1.c1cc[cH-]c1. The van der Waals surface area contributed by atoms with Gasteiger partial charge in [-0.25, -0.2) is 36.4 Å². The van der Waals surface area contributed by atoms with Gasteiger partial charge in [0.15, 0.2) is 0 Å². The number of hydrogen-bond acceptors (Lipinski definition) is 0. The molecule has 0 aliphatic heterocycles. The molecule has 0 aromatic heterocycles. The molecule has 0 bridgehead atoms. The van der Waals surface area contributed by atoms with Crippen LogP contribution in [-0.4, -0.2) is 0 Å². The van der Waals surface area contributed by atoms with Crippen LogP contribution in [0.2, 0.25) is 0 Å². The first-order chi connectivity index (χ1) is 23.6. The summed E-state index contributed by atoms with van der Waals surface area (Å²) in [6, 6.07) is 55.4. The van der Waals surface area contributed by atoms with Crippen molar-refractivity contribution in [3.8, 4) is 0 Å². The molecule has 0 radical (unpaired) electrons. The summed E-state index contributed by atoms with van der Waals surface area (Å²) in [4.78, 5) is 0. The fraction of sp³-hybridized carbons (Fsp3) is 0.167. The van der Waals surface area contributed by atoms with Gasteiger partial charge in [-0.1, -0.05) is 147 Å². The van der Waals surface area contributed by atoms with Crippen LogP contribution in [0.25, 0.3) is 11.1 Å². The van der Waals surface area contributed by atoms with Crippen molar-refractivity contribution in [3.63, 3.8) is 0 Å². The van der Waals surface area contributed by atoms with Crippen LogP contribution in [0.3, 0.4) is 0 Å². The maximum absolute atomic E-state index is 3.58. The van der Waals surface area contributed by atoms with Crippen molar-refractivity contribution in [1.82, 2.24) is 0 Å². The Balaban J connectivity index is 0.000000504. The smallest absolute Gasteiger partial charge is 0.219 e. The van der Waals surface area contributed by atoms with Crippen molar-refractivity contribution in [3.05, 3.63) is 227 Å². The minimum atomic E-state index is 0. The molecule has 0 aliphatic rings. The predicted octanol–water partition coefficient (Wildman–Crippen LogP) is 12.5. The molecular formula is C48H48Zr. The van der Waals surface area contributed by atoms with Crippen LogP contribution < -0.4 is 0 Å². The third-order valence-electron chi connectivity index (χ3n) is 8.25. The van der Waals surface area contributed by atoms with Gasteiger partial charge in [-0.3, -0.25) is 0 Å². The van der Waals surface area contributed by atoms with E-state index in [1.165, 1.54) is 44.5 Å². The Hall–Kier alpha value is -4.32. The van der Waals surface area contributed by atoms with Gasteiger partial charge in [0.1, 0.15) is 0 Å². The Bertz CT molecular complexity index is 1510. The summed E-state index contributed by atoms with van der Waals surface area (Å²) in [5.41, 5.74) is 12.2. The normalized spacial score (nSPS) is 10.1. The summed E-state index contributed by atoms with van der Waals surface area (Å²) in [7, 11) is 0. The average molecular weight is 716 g/mol. The number of hydrogen-bond donors (Lipinski definition) is 0. The van der Waals surface area contributed by atoms with Gasteiger partial charge in [-0.15, -0.1) is 11.1 Å². The average Bonchev–Trinajstić information content (AvgIpc) is 3.95. The quantitative estimate of drug-likeness (QED) is 0.0978. The molecule has 244 valence electrons. The maximum atomic E-state index is 3.58. The summed E-state index contributed by atoms with van der Waals surface area (Å²) < 4.78 is 0. The Morgan fingerprint density at radius 1 is 0.408 bits per heavy atom. The molecule has 0 spiro atoms. The zero-order valence-electron chi connectivity index (χ0n) is 29.5. The van der Waals surface area contributed by atoms with E-state index in [-0.39, 0.29) is 26.2 Å². The largest absolute Gasteiger partial charge is 4.00 e. The summed E-state index contributed by atoms with van der Waals surface area (Å²) in [6.45, 7) is 8.76. The van der Waals surface area contributed by atoms with Crippen molar-refractivity contribution in [2.75, 3.05) is 0 Å². The van der Waals surface area contributed by atoms with Crippen LogP contribution in [-0.2, 0) is 51.9 Å². The Morgan fingerprint density at radius 3 is 0.796 bits per heavy atom. The van der Waals surface area contributed by atoms with Crippen LogP contribution in [0.1, 0.15) is 72.2 Å². The summed E-state index contributed by atoms with van der Waals surface area (Å²) in [5, 5.41) is 0. The van der Waals surface area contributed by atoms with Crippen molar-refractivity contribution >= 4 is 11.1 Å². The van der Waals surface area contributed by atoms with E-state index in [2.05, 4.69) is 137 Å². The van der Waals surface area contributed by atoms with Gasteiger partial charge >= 0.3 is 26.2 Å². The molecule has 6 aromatic carbocycles. The van der Waals surface area contributed by atoms with Crippen molar-refractivity contribution < 1.29 is 26.2 Å². The molecule has 0 amide bonds. The number of aryl methyl sites for hydroxylation is 4. The summed E-state index contributed by atoms with van der Waals surface area (Å²) in [6.07, 6.45) is 15.3. The van der Waals surface area contributed by atoms with Gasteiger partial charge in [-0.2, -0.15) is 48.6 Å². The van der Waals surface area contributed by atoms with E-state index in [9.17, 15) is 0 Å². The summed E-state index contributed by atoms with van der Waals surface area (Å²) >= 11 is 0. The zero-order valence-corrected chi connectivity index (χ0v) is 32.0. The van der Waals surface area contributed by atoms with Crippen molar-refractivity contribution in [2.45, 2.75) is 53.4 Å². The van der Waals surface area contributed by atoms with Gasteiger partial charge in [-0.05, 0) is 47.9 Å². The van der Waals surface area contributed by atoms with Crippen LogP contribution >= 0.6 is 0 Å². The monoisotopic (exact) mass is 714 g/mol. The molecule has 0 nitrogen and oxygen atoms in total. The molecule has 0 saturated carbocycles. The van der Waals surface area contributed by atoms with E-state index < -0.39 is 0 Å². The van der Waals surface area contributed by atoms with Gasteiger partial charge in [0.05, 0.1) is 0 Å². The molecule has 6 aromatic rings. The number of benzene rings is 4. The predicted molar refractivity (Wildman–Crippen MR) is 208 cm³/mol. The van der Waals surface area contributed by atoms with Gasteiger partial charge in [0, 0.05) is 0 Å². The van der Waals surface area contributed by atoms with E-state index in [1.807, 2.05) is 72.8 Å². The van der Waals surface area contributed by atoms with Crippen LogP contribution in [0.15, 0.2) is 170 Å². The van der Waals surface area contributed by atoms with Crippen LogP contribution in [0.4, 0.5) is 0 Å². The Kier molecular flexibility index (Phi) is 17.8. The molecule has 0 atom stereocenters. The Labute approximate surface area is 315 Å². The second-order valence-electron chi connectivity index (χ2n) is 11.5. The third-order valence-corrected chi connectivity index (χ3v) is 8.25. The number of allylic oxidation sites excluding steroid dienone is 4. The van der Waals surface area contributed by atoms with Crippen molar-refractivity contribution in [1.29, 1.82) is 0 Å². The molecule has 0 unspecified atom stereocenters. The molecule has 0 aliphatic carbocycles. The molecule has 49 heavy (non-hydrogen) atoms. The maximum Gasteiger partial charge on any atom is 4.00 e. The fourth-order valence-electron chi connectivity index (χ4n) is 5.19. The molecule has 0 heterocycles. The zero-order chi connectivity index (χ0) is 33.8. The molecule has 0 N–H and O–H groups in total. The third kappa shape index (κ3) is 12.9. The van der Waals surface area contributed by atoms with E-state index in [1.54, 1.807) is 0 Å².